The van der Waals surface area contributed by atoms with Gasteiger partial charge in [0.1, 0.15) is 0 Å². The lowest BCUT2D eigenvalue weighted by Gasteiger charge is -2.36. The Labute approximate surface area is 102 Å². The second-order valence-electron chi connectivity index (χ2n) is 5.17. The van der Waals surface area contributed by atoms with Gasteiger partial charge >= 0.3 is 13.1 Å². The molecule has 6 heteroatoms. The number of rotatable bonds is 6. The Balaban J connectivity index is 2.45. The minimum atomic E-state index is -1.29. The van der Waals surface area contributed by atoms with E-state index in [1.54, 1.807) is 0 Å². The van der Waals surface area contributed by atoms with Crippen molar-refractivity contribution in [2.45, 2.75) is 57.3 Å². The Morgan fingerprint density at radius 1 is 1.41 bits per heavy atom. The molecule has 0 radical (unpaired) electrons. The van der Waals surface area contributed by atoms with E-state index in [0.29, 0.717) is 38.4 Å². The molecule has 0 spiro atoms. The van der Waals surface area contributed by atoms with Gasteiger partial charge in [0.15, 0.2) is 0 Å². The van der Waals surface area contributed by atoms with Crippen LogP contribution in [-0.2, 0) is 4.79 Å². The van der Waals surface area contributed by atoms with Crippen molar-refractivity contribution in [3.8, 4) is 0 Å². The zero-order valence-corrected chi connectivity index (χ0v) is 10.1. The third-order valence-electron chi connectivity index (χ3n) is 3.70. The van der Waals surface area contributed by atoms with Gasteiger partial charge in [0, 0.05) is 6.04 Å². The molecule has 98 valence electrons. The monoisotopic (exact) mass is 243 g/mol. The van der Waals surface area contributed by atoms with Gasteiger partial charge in [0.2, 0.25) is 0 Å². The van der Waals surface area contributed by atoms with Gasteiger partial charge in [0.05, 0.1) is 5.41 Å². The molecule has 1 aliphatic rings. The molecular formula is C11H22BNO4. The van der Waals surface area contributed by atoms with E-state index < -0.39 is 18.5 Å². The van der Waals surface area contributed by atoms with Crippen LogP contribution in [0.5, 0.6) is 0 Å². The third-order valence-corrected chi connectivity index (χ3v) is 3.70. The van der Waals surface area contributed by atoms with Crippen LogP contribution in [0.3, 0.4) is 0 Å². The van der Waals surface area contributed by atoms with E-state index in [4.69, 9.17) is 15.8 Å². The topological polar surface area (TPSA) is 104 Å². The summed E-state index contributed by atoms with van der Waals surface area (Å²) in [6, 6.07) is -0.0108. The SMILES string of the molecule is N[C@H]1CCC[C@](CCCCB(O)O)(C(=O)O)C1. The van der Waals surface area contributed by atoms with E-state index in [9.17, 15) is 9.90 Å². The number of nitrogens with two attached hydrogens (primary N) is 1. The Morgan fingerprint density at radius 3 is 2.65 bits per heavy atom. The molecule has 0 unspecified atom stereocenters. The van der Waals surface area contributed by atoms with Crippen LogP contribution in [0.25, 0.3) is 0 Å². The maximum atomic E-state index is 11.4. The molecule has 5 N–H and O–H groups in total. The largest absolute Gasteiger partial charge is 0.481 e. The molecule has 1 fully saturated rings. The summed E-state index contributed by atoms with van der Waals surface area (Å²) in [5, 5.41) is 26.8. The zero-order chi connectivity index (χ0) is 12.9. The van der Waals surface area contributed by atoms with Gasteiger partial charge in [-0.05, 0) is 32.0 Å². The number of hydrogen-bond donors (Lipinski definition) is 4. The smallest absolute Gasteiger partial charge is 0.451 e. The average molecular weight is 243 g/mol. The predicted octanol–water partition coefficient (Wildman–Crippen LogP) is 0.602. The van der Waals surface area contributed by atoms with Crippen molar-refractivity contribution >= 4 is 13.1 Å². The lowest BCUT2D eigenvalue weighted by atomic mass is 9.69. The van der Waals surface area contributed by atoms with Gasteiger partial charge in [-0.1, -0.05) is 19.3 Å². The Bertz CT molecular complexity index is 262. The molecule has 0 heterocycles. The summed E-state index contributed by atoms with van der Waals surface area (Å²) >= 11 is 0. The number of carboxylic acids is 1. The van der Waals surface area contributed by atoms with Gasteiger partial charge in [-0.25, -0.2) is 0 Å². The maximum Gasteiger partial charge on any atom is 0.451 e. The Kier molecular flexibility index (Phi) is 5.43. The highest BCUT2D eigenvalue weighted by atomic mass is 16.4. The van der Waals surface area contributed by atoms with Crippen molar-refractivity contribution in [3.63, 3.8) is 0 Å². The first-order valence-electron chi connectivity index (χ1n) is 6.31. The molecule has 0 aromatic rings. The van der Waals surface area contributed by atoms with Crippen molar-refractivity contribution < 1.29 is 19.9 Å². The molecule has 1 rings (SSSR count). The van der Waals surface area contributed by atoms with E-state index in [1.807, 2.05) is 0 Å². The summed E-state index contributed by atoms with van der Waals surface area (Å²) in [6.07, 6.45) is 5.26. The van der Waals surface area contributed by atoms with E-state index >= 15 is 0 Å². The van der Waals surface area contributed by atoms with E-state index in [1.165, 1.54) is 0 Å². The standard InChI is InChI=1S/C11H22BNO4/c13-9-4-3-6-11(8-9,10(14)15)5-1-2-7-12(16)17/h9,16-17H,1-8,13H2,(H,14,15)/t9-,11-/m0/s1. The first-order valence-corrected chi connectivity index (χ1v) is 6.31. The molecule has 1 saturated carbocycles. The van der Waals surface area contributed by atoms with Crippen LogP contribution in [0, 0.1) is 5.41 Å². The molecule has 0 aromatic carbocycles. The first kappa shape index (κ1) is 14.5. The second-order valence-corrected chi connectivity index (χ2v) is 5.17. The van der Waals surface area contributed by atoms with Crippen LogP contribution in [0.4, 0.5) is 0 Å². The van der Waals surface area contributed by atoms with Crippen molar-refractivity contribution in [2.75, 3.05) is 0 Å². The molecule has 0 aromatic heterocycles. The highest BCUT2D eigenvalue weighted by molar-refractivity contribution is 6.40. The van der Waals surface area contributed by atoms with Gasteiger partial charge in [-0.2, -0.15) is 0 Å². The second kappa shape index (κ2) is 6.38. The quantitative estimate of drug-likeness (QED) is 0.404. The summed E-state index contributed by atoms with van der Waals surface area (Å²) in [5.74, 6) is -0.753. The Hall–Kier alpha value is -0.585. The number of aliphatic carboxylic acids is 1. The average Bonchev–Trinajstić information content (AvgIpc) is 2.24. The van der Waals surface area contributed by atoms with E-state index in [-0.39, 0.29) is 6.04 Å². The van der Waals surface area contributed by atoms with Gasteiger partial charge in [-0.15, -0.1) is 0 Å². The number of unbranched alkanes of at least 4 members (excludes halogenated alkanes) is 1. The lowest BCUT2D eigenvalue weighted by Crippen LogP contribution is -2.41. The summed E-state index contributed by atoms with van der Waals surface area (Å²) in [4.78, 5) is 11.4. The van der Waals surface area contributed by atoms with E-state index in [0.717, 1.165) is 12.8 Å². The first-order chi connectivity index (χ1) is 7.96. The molecule has 0 saturated heterocycles. The van der Waals surface area contributed by atoms with Gasteiger partial charge in [0.25, 0.3) is 0 Å². The third kappa shape index (κ3) is 4.29. The fourth-order valence-corrected chi connectivity index (χ4v) is 2.73. The summed E-state index contributed by atoms with van der Waals surface area (Å²) in [7, 11) is -1.29. The number of carbonyl (C=O) groups is 1. The van der Waals surface area contributed by atoms with Crippen LogP contribution in [0.2, 0.25) is 6.32 Å². The Morgan fingerprint density at radius 2 is 2.12 bits per heavy atom. The van der Waals surface area contributed by atoms with Crippen LogP contribution in [0.15, 0.2) is 0 Å². The van der Waals surface area contributed by atoms with Crippen molar-refractivity contribution in [3.05, 3.63) is 0 Å². The highest BCUT2D eigenvalue weighted by Gasteiger charge is 2.41. The molecule has 17 heavy (non-hydrogen) atoms. The summed E-state index contributed by atoms with van der Waals surface area (Å²) in [6.45, 7) is 0. The molecule has 5 nitrogen and oxygen atoms in total. The van der Waals surface area contributed by atoms with Gasteiger partial charge < -0.3 is 20.9 Å². The molecular weight excluding hydrogens is 221 g/mol. The zero-order valence-electron chi connectivity index (χ0n) is 10.1. The normalized spacial score (nSPS) is 29.0. The minimum absolute atomic E-state index is 0.0108. The van der Waals surface area contributed by atoms with Crippen LogP contribution >= 0.6 is 0 Å². The maximum absolute atomic E-state index is 11.4. The molecule has 2 atom stereocenters. The fourth-order valence-electron chi connectivity index (χ4n) is 2.73. The number of hydrogen-bond acceptors (Lipinski definition) is 4. The fraction of sp³-hybridized carbons (Fsp3) is 0.909. The summed E-state index contributed by atoms with van der Waals surface area (Å²) < 4.78 is 0. The van der Waals surface area contributed by atoms with Gasteiger partial charge in [-0.3, -0.25) is 4.79 Å². The molecule has 0 amide bonds. The lowest BCUT2D eigenvalue weighted by molar-refractivity contribution is -0.152. The number of carboxylic acid groups (broad SMARTS) is 1. The molecule has 0 bridgehead atoms. The van der Waals surface area contributed by atoms with E-state index in [2.05, 4.69) is 0 Å². The van der Waals surface area contributed by atoms with Crippen molar-refractivity contribution in [1.29, 1.82) is 0 Å². The molecule has 1 aliphatic carbocycles. The van der Waals surface area contributed by atoms with Crippen LogP contribution < -0.4 is 5.73 Å². The predicted molar refractivity (Wildman–Crippen MR) is 65.4 cm³/mol. The van der Waals surface area contributed by atoms with Crippen LogP contribution in [0.1, 0.15) is 44.9 Å². The summed E-state index contributed by atoms with van der Waals surface area (Å²) in [5.41, 5.74) is 5.17. The van der Waals surface area contributed by atoms with Crippen molar-refractivity contribution in [1.82, 2.24) is 0 Å². The van der Waals surface area contributed by atoms with Crippen LogP contribution in [-0.4, -0.2) is 34.3 Å². The van der Waals surface area contributed by atoms with Crippen molar-refractivity contribution in [2.24, 2.45) is 11.1 Å². The molecule has 0 aliphatic heterocycles. The highest BCUT2D eigenvalue weighted by Crippen LogP contribution is 2.40. The minimum Gasteiger partial charge on any atom is -0.481 e.